The topological polar surface area (TPSA) is 103 Å². The number of benzene rings is 1. The first kappa shape index (κ1) is 15.7. The van der Waals surface area contributed by atoms with Crippen LogP contribution in [0.3, 0.4) is 0 Å². The summed E-state index contributed by atoms with van der Waals surface area (Å²) in [5.74, 6) is 0.572. The van der Waals surface area contributed by atoms with Gasteiger partial charge in [0.1, 0.15) is 6.33 Å². The maximum absolute atomic E-state index is 12.3. The highest BCUT2D eigenvalue weighted by molar-refractivity contribution is 7.89. The molecule has 0 aliphatic rings. The molecule has 0 fully saturated rings. The van der Waals surface area contributed by atoms with Crippen molar-refractivity contribution in [3.8, 4) is 0 Å². The Hall–Kier alpha value is -1.64. The van der Waals surface area contributed by atoms with Gasteiger partial charge in [-0.2, -0.15) is 5.10 Å². The summed E-state index contributed by atoms with van der Waals surface area (Å²) in [6, 6.07) is 2.91. The highest BCUT2D eigenvalue weighted by Gasteiger charge is 2.19. The van der Waals surface area contributed by atoms with E-state index in [1.807, 2.05) is 0 Å². The van der Waals surface area contributed by atoms with Crippen LogP contribution in [0, 0.1) is 6.92 Å². The zero-order chi connectivity index (χ0) is 15.6. The third kappa shape index (κ3) is 3.72. The fourth-order valence-corrected chi connectivity index (χ4v) is 3.45. The normalized spacial score (nSPS) is 11.8. The van der Waals surface area contributed by atoms with Crippen molar-refractivity contribution in [2.45, 2.75) is 18.2 Å². The highest BCUT2D eigenvalue weighted by atomic mass is 35.5. The van der Waals surface area contributed by atoms with Crippen LogP contribution in [0.15, 0.2) is 23.4 Å². The number of aryl methyl sites for hydroxylation is 1. The van der Waals surface area contributed by atoms with Crippen LogP contribution >= 0.6 is 11.6 Å². The van der Waals surface area contributed by atoms with Gasteiger partial charge in [-0.25, -0.2) is 18.1 Å². The lowest BCUT2D eigenvalue weighted by molar-refractivity contribution is 0.580. The van der Waals surface area contributed by atoms with E-state index in [9.17, 15) is 8.42 Å². The van der Waals surface area contributed by atoms with Crippen molar-refractivity contribution < 1.29 is 8.42 Å². The van der Waals surface area contributed by atoms with Crippen molar-refractivity contribution in [1.29, 1.82) is 0 Å². The van der Waals surface area contributed by atoms with Crippen molar-refractivity contribution >= 4 is 27.3 Å². The molecular weight excluding hydrogens is 314 g/mol. The second-order valence-corrected chi connectivity index (χ2v) is 6.77. The van der Waals surface area contributed by atoms with Crippen molar-refractivity contribution in [3.05, 3.63) is 34.9 Å². The molecule has 0 atom stereocenters. The number of hydrogen-bond donors (Lipinski definition) is 2. The Balaban J connectivity index is 2.12. The van der Waals surface area contributed by atoms with E-state index in [1.165, 1.54) is 12.1 Å². The van der Waals surface area contributed by atoms with Crippen LogP contribution in [-0.2, 0) is 23.5 Å². The van der Waals surface area contributed by atoms with Crippen LogP contribution in [0.1, 0.15) is 11.4 Å². The van der Waals surface area contributed by atoms with E-state index in [1.54, 1.807) is 25.0 Å². The zero-order valence-electron chi connectivity index (χ0n) is 11.7. The molecule has 21 heavy (non-hydrogen) atoms. The van der Waals surface area contributed by atoms with Gasteiger partial charge in [-0.1, -0.05) is 11.6 Å². The molecule has 0 radical (unpaired) electrons. The number of nitrogens with one attached hydrogen (secondary N) is 1. The van der Waals surface area contributed by atoms with Gasteiger partial charge in [-0.05, 0) is 24.6 Å². The SMILES string of the molecule is Cc1c(N)cc(Cl)cc1S(=O)(=O)NCCc1ncn(C)n1. The van der Waals surface area contributed by atoms with Crippen LogP contribution in [0.25, 0.3) is 0 Å². The maximum atomic E-state index is 12.3. The molecule has 2 aromatic rings. The average molecular weight is 330 g/mol. The number of rotatable bonds is 5. The Morgan fingerprint density at radius 2 is 2.14 bits per heavy atom. The molecule has 1 aromatic heterocycles. The van der Waals surface area contributed by atoms with Crippen LogP contribution in [0.5, 0.6) is 0 Å². The van der Waals surface area contributed by atoms with Gasteiger partial charge in [0, 0.05) is 30.7 Å². The Bertz CT molecular complexity index is 757. The number of halogens is 1. The minimum Gasteiger partial charge on any atom is -0.398 e. The number of hydrogen-bond acceptors (Lipinski definition) is 5. The summed E-state index contributed by atoms with van der Waals surface area (Å²) in [6.07, 6.45) is 1.96. The number of nitrogen functional groups attached to an aromatic ring is 1. The van der Waals surface area contributed by atoms with E-state index < -0.39 is 10.0 Å². The standard InChI is InChI=1S/C12H16ClN5O2S/c1-8-10(14)5-9(13)6-11(8)21(19,20)16-4-3-12-15-7-18(2)17-12/h5-7,16H,3-4,14H2,1-2H3. The van der Waals surface area contributed by atoms with E-state index >= 15 is 0 Å². The van der Waals surface area contributed by atoms with Crippen LogP contribution < -0.4 is 10.5 Å². The van der Waals surface area contributed by atoms with E-state index in [0.717, 1.165) is 0 Å². The molecular formula is C12H16ClN5O2S. The molecule has 9 heteroatoms. The molecule has 3 N–H and O–H groups in total. The summed E-state index contributed by atoms with van der Waals surface area (Å²) in [5, 5.41) is 4.36. The second-order valence-electron chi connectivity index (χ2n) is 4.60. The molecule has 1 aromatic carbocycles. The summed E-state index contributed by atoms with van der Waals surface area (Å²) in [6.45, 7) is 1.83. The predicted octanol–water partition coefficient (Wildman–Crippen LogP) is 0.880. The molecule has 0 saturated heterocycles. The van der Waals surface area contributed by atoms with Crippen molar-refractivity contribution in [2.24, 2.45) is 7.05 Å². The molecule has 0 amide bonds. The average Bonchev–Trinajstić information content (AvgIpc) is 2.79. The minimum absolute atomic E-state index is 0.0847. The predicted molar refractivity (Wildman–Crippen MR) is 80.5 cm³/mol. The number of nitrogens with zero attached hydrogens (tertiary/aromatic N) is 3. The smallest absolute Gasteiger partial charge is 0.240 e. The van der Waals surface area contributed by atoms with Gasteiger partial charge in [0.2, 0.25) is 10.0 Å². The first-order valence-electron chi connectivity index (χ1n) is 6.19. The molecule has 0 aliphatic heterocycles. The molecule has 1 heterocycles. The van der Waals surface area contributed by atoms with Crippen molar-refractivity contribution in [3.63, 3.8) is 0 Å². The molecule has 0 spiro atoms. The third-order valence-electron chi connectivity index (χ3n) is 2.94. The Kier molecular flexibility index (Phi) is 4.50. The number of anilines is 1. The highest BCUT2D eigenvalue weighted by Crippen LogP contribution is 2.25. The zero-order valence-corrected chi connectivity index (χ0v) is 13.2. The Morgan fingerprint density at radius 1 is 1.43 bits per heavy atom. The van der Waals surface area contributed by atoms with Crippen LogP contribution in [0.2, 0.25) is 5.02 Å². The van der Waals surface area contributed by atoms with Gasteiger partial charge in [0.25, 0.3) is 0 Å². The van der Waals surface area contributed by atoms with Crippen molar-refractivity contribution in [1.82, 2.24) is 19.5 Å². The van der Waals surface area contributed by atoms with E-state index in [4.69, 9.17) is 17.3 Å². The third-order valence-corrected chi connectivity index (χ3v) is 4.75. The molecule has 0 saturated carbocycles. The lowest BCUT2D eigenvalue weighted by Gasteiger charge is -2.11. The fraction of sp³-hybridized carbons (Fsp3) is 0.333. The summed E-state index contributed by atoms with van der Waals surface area (Å²) in [7, 11) is -1.93. The Labute approximate surface area is 128 Å². The summed E-state index contributed by atoms with van der Waals surface area (Å²) in [4.78, 5) is 4.11. The number of sulfonamides is 1. The number of aromatic nitrogens is 3. The second kappa shape index (κ2) is 6.00. The lowest BCUT2D eigenvalue weighted by Crippen LogP contribution is -2.27. The summed E-state index contributed by atoms with van der Waals surface area (Å²) < 4.78 is 28.6. The summed E-state index contributed by atoms with van der Waals surface area (Å²) >= 11 is 5.87. The van der Waals surface area contributed by atoms with E-state index in [2.05, 4.69) is 14.8 Å². The first-order valence-corrected chi connectivity index (χ1v) is 8.05. The quantitative estimate of drug-likeness (QED) is 0.793. The van der Waals surface area contributed by atoms with Gasteiger partial charge < -0.3 is 5.73 Å². The summed E-state index contributed by atoms with van der Waals surface area (Å²) in [5.41, 5.74) is 6.56. The largest absolute Gasteiger partial charge is 0.398 e. The molecule has 2 rings (SSSR count). The first-order chi connectivity index (χ1) is 9.79. The fourth-order valence-electron chi connectivity index (χ4n) is 1.83. The van der Waals surface area contributed by atoms with Gasteiger partial charge in [0.05, 0.1) is 4.90 Å². The van der Waals surface area contributed by atoms with Crippen molar-refractivity contribution in [2.75, 3.05) is 12.3 Å². The van der Waals surface area contributed by atoms with Gasteiger partial charge >= 0.3 is 0 Å². The molecule has 7 nitrogen and oxygen atoms in total. The van der Waals surface area contributed by atoms with Crippen LogP contribution in [0.4, 0.5) is 5.69 Å². The van der Waals surface area contributed by atoms with Gasteiger partial charge in [-0.15, -0.1) is 0 Å². The monoisotopic (exact) mass is 329 g/mol. The van der Waals surface area contributed by atoms with Gasteiger partial charge in [-0.3, -0.25) is 4.68 Å². The van der Waals surface area contributed by atoms with Crippen LogP contribution in [-0.4, -0.2) is 29.7 Å². The van der Waals surface area contributed by atoms with E-state index in [-0.39, 0.29) is 16.5 Å². The van der Waals surface area contributed by atoms with E-state index in [0.29, 0.717) is 23.5 Å². The molecule has 0 aliphatic carbocycles. The molecule has 0 bridgehead atoms. The minimum atomic E-state index is -3.68. The lowest BCUT2D eigenvalue weighted by atomic mass is 10.2. The van der Waals surface area contributed by atoms with Gasteiger partial charge in [0.15, 0.2) is 5.82 Å². The molecule has 114 valence electrons. The molecule has 0 unspecified atom stereocenters. The maximum Gasteiger partial charge on any atom is 0.240 e. The Morgan fingerprint density at radius 3 is 2.76 bits per heavy atom. The number of nitrogens with two attached hydrogens (primary N) is 1.